The van der Waals surface area contributed by atoms with E-state index in [0.29, 0.717) is 17.5 Å². The molecule has 101 heavy (non-hydrogen) atoms. The SMILES string of the molecule is CC(C)C[C@H](NC(=O)[C@H](Cc1ccccc1)NC(=O)CNC(=O)[C@@H](NC(=O)[C@@H]1CCCN1C(=O)[C@@H](N)CCC(=O)O)C(C)C)C(=O)N[C@@H](CCCN=C(N)N)C(=O)N[C@@H](CO)C(=O)N[C@H](C(=O)N[C@@H](Cc1ccccc1)C(=O)N[C@@H](C)C(=O)N[C@@H](CC(N)=O)C(=O)N[C@@H](CO)C(=O)O)C(C)C. The van der Waals surface area contributed by atoms with Crippen molar-refractivity contribution in [1.29, 1.82) is 0 Å². The number of hydrogen-bond acceptors (Lipinski definition) is 19. The molecule has 0 aromatic heterocycles. The Morgan fingerprint density at radius 3 is 1.53 bits per heavy atom. The topological polar surface area (TPSA) is 589 Å². The Bertz CT molecular complexity index is 3230. The average Bonchev–Trinajstić information content (AvgIpc) is 1.81. The zero-order valence-electron chi connectivity index (χ0n) is 57.7. The van der Waals surface area contributed by atoms with E-state index in [1.807, 2.05) is 5.32 Å². The molecule has 13 amide bonds. The summed E-state index contributed by atoms with van der Waals surface area (Å²) >= 11 is 0. The molecule has 0 radical (unpaired) electrons. The molecule has 36 heteroatoms. The number of carboxylic acid groups (broad SMARTS) is 2. The Hall–Kier alpha value is -10.4. The molecule has 1 fully saturated rings. The second-order valence-corrected chi connectivity index (χ2v) is 25.5. The highest BCUT2D eigenvalue weighted by Gasteiger charge is 2.40. The summed E-state index contributed by atoms with van der Waals surface area (Å²) in [5, 5.41) is 65.4. The van der Waals surface area contributed by atoms with Gasteiger partial charge >= 0.3 is 11.9 Å². The van der Waals surface area contributed by atoms with E-state index in [-0.39, 0.29) is 76.3 Å². The number of guanidine groups is 1. The number of aliphatic hydroxyl groups excluding tert-OH is 2. The maximum atomic E-state index is 14.5. The number of carboxylic acids is 2. The highest BCUT2D eigenvalue weighted by Crippen LogP contribution is 2.21. The fourth-order valence-corrected chi connectivity index (χ4v) is 10.4. The van der Waals surface area contributed by atoms with Gasteiger partial charge in [-0.05, 0) is 74.3 Å². The summed E-state index contributed by atoms with van der Waals surface area (Å²) in [6.07, 6.45) is -1.20. The Morgan fingerprint density at radius 2 is 1.01 bits per heavy atom. The van der Waals surface area contributed by atoms with E-state index in [2.05, 4.69) is 58.2 Å². The summed E-state index contributed by atoms with van der Waals surface area (Å²) in [5.41, 5.74) is 23.4. The molecule has 1 aliphatic rings. The van der Waals surface area contributed by atoms with E-state index in [9.17, 15) is 87.2 Å². The number of nitrogens with zero attached hydrogens (tertiary/aromatic N) is 2. The summed E-state index contributed by atoms with van der Waals surface area (Å²) in [7, 11) is 0. The molecule has 36 nitrogen and oxygen atoms in total. The minimum Gasteiger partial charge on any atom is -0.481 e. The van der Waals surface area contributed by atoms with Gasteiger partial charge in [-0.2, -0.15) is 0 Å². The van der Waals surface area contributed by atoms with Gasteiger partial charge in [-0.25, -0.2) is 4.79 Å². The first kappa shape index (κ1) is 84.9. The van der Waals surface area contributed by atoms with Gasteiger partial charge in [-0.1, -0.05) is 102 Å². The van der Waals surface area contributed by atoms with Crippen molar-refractivity contribution in [2.45, 2.75) is 185 Å². The molecule has 0 spiro atoms. The van der Waals surface area contributed by atoms with Crippen molar-refractivity contribution in [3.63, 3.8) is 0 Å². The number of aliphatic hydroxyl groups is 2. The van der Waals surface area contributed by atoms with Gasteiger partial charge in [0, 0.05) is 32.4 Å². The normalized spacial score (nSPS) is 15.9. The number of carbonyl (C=O) groups is 15. The van der Waals surface area contributed by atoms with E-state index >= 15 is 0 Å². The zero-order chi connectivity index (χ0) is 75.8. The van der Waals surface area contributed by atoms with E-state index in [0.717, 1.165) is 0 Å². The number of amides is 13. The predicted octanol–water partition coefficient (Wildman–Crippen LogP) is -6.00. The van der Waals surface area contributed by atoms with Gasteiger partial charge in [0.15, 0.2) is 5.96 Å². The van der Waals surface area contributed by atoms with E-state index in [1.165, 1.54) is 25.7 Å². The van der Waals surface area contributed by atoms with Crippen molar-refractivity contribution in [2.75, 3.05) is 32.8 Å². The number of hydrogen-bond donors (Lipinski definition) is 19. The lowest BCUT2D eigenvalue weighted by Gasteiger charge is -2.29. The van der Waals surface area contributed by atoms with Crippen molar-refractivity contribution >= 4 is 94.7 Å². The first-order valence-corrected chi connectivity index (χ1v) is 33.0. The number of carbonyl (C=O) groups excluding carboxylic acids is 13. The van der Waals surface area contributed by atoms with E-state index in [4.69, 9.17) is 28.0 Å². The summed E-state index contributed by atoms with van der Waals surface area (Å²) in [6.45, 7) is 8.31. The lowest BCUT2D eigenvalue weighted by Crippen LogP contribution is -2.62. The Morgan fingerprint density at radius 1 is 0.535 bits per heavy atom. The third-order valence-electron chi connectivity index (χ3n) is 15.9. The Labute approximate surface area is 583 Å². The van der Waals surface area contributed by atoms with Crippen LogP contribution in [0.2, 0.25) is 0 Å². The number of nitrogens with two attached hydrogens (primary N) is 4. The maximum Gasteiger partial charge on any atom is 0.328 e. The van der Waals surface area contributed by atoms with Crippen LogP contribution >= 0.6 is 0 Å². The van der Waals surface area contributed by atoms with Crippen LogP contribution in [0.5, 0.6) is 0 Å². The van der Waals surface area contributed by atoms with Gasteiger partial charge < -0.3 is 107 Å². The van der Waals surface area contributed by atoms with Gasteiger partial charge in [-0.3, -0.25) is 72.1 Å². The Balaban J connectivity index is 1.84. The van der Waals surface area contributed by atoms with Crippen molar-refractivity contribution < 1.29 is 92.3 Å². The number of rotatable bonds is 43. The predicted molar refractivity (Wildman–Crippen MR) is 363 cm³/mol. The van der Waals surface area contributed by atoms with Crippen molar-refractivity contribution in [3.8, 4) is 0 Å². The van der Waals surface area contributed by atoms with Gasteiger partial charge in [-0.15, -0.1) is 0 Å². The molecular formula is C65H99N17O19. The maximum absolute atomic E-state index is 14.5. The lowest BCUT2D eigenvalue weighted by atomic mass is 10.00. The van der Waals surface area contributed by atoms with Crippen LogP contribution in [0.25, 0.3) is 0 Å². The number of primary amides is 1. The third kappa shape index (κ3) is 29.6. The summed E-state index contributed by atoms with van der Waals surface area (Å²) in [6, 6.07) is -0.930. The molecule has 558 valence electrons. The quantitative estimate of drug-likeness (QED) is 0.0167. The van der Waals surface area contributed by atoms with Crippen LogP contribution in [0.15, 0.2) is 65.7 Å². The summed E-state index contributed by atoms with van der Waals surface area (Å²) in [5.74, 6) is -16.8. The van der Waals surface area contributed by atoms with Crippen molar-refractivity contribution in [3.05, 3.63) is 71.8 Å². The van der Waals surface area contributed by atoms with E-state index < -0.39 is 199 Å². The first-order chi connectivity index (χ1) is 47.6. The highest BCUT2D eigenvalue weighted by atomic mass is 16.4. The highest BCUT2D eigenvalue weighted by molar-refractivity contribution is 6.00. The van der Waals surface area contributed by atoms with Crippen LogP contribution in [0.1, 0.15) is 111 Å². The third-order valence-corrected chi connectivity index (χ3v) is 15.9. The van der Waals surface area contributed by atoms with Crippen LogP contribution in [0.4, 0.5) is 0 Å². The van der Waals surface area contributed by atoms with Gasteiger partial charge in [0.2, 0.25) is 76.8 Å². The molecule has 1 heterocycles. The van der Waals surface area contributed by atoms with Gasteiger partial charge in [0.25, 0.3) is 0 Å². The molecule has 3 rings (SSSR count). The molecule has 1 aliphatic heterocycles. The van der Waals surface area contributed by atoms with Crippen LogP contribution in [0, 0.1) is 17.8 Å². The van der Waals surface area contributed by atoms with Gasteiger partial charge in [0.05, 0.1) is 32.2 Å². The Kier molecular flexibility index (Phi) is 35.8. The number of likely N-dealkylation sites (tertiary alicyclic amines) is 1. The summed E-state index contributed by atoms with van der Waals surface area (Å²) < 4.78 is 0. The van der Waals surface area contributed by atoms with Gasteiger partial charge in [0.1, 0.15) is 66.5 Å². The first-order valence-electron chi connectivity index (χ1n) is 33.0. The molecular weight excluding hydrogens is 1320 g/mol. The second kappa shape index (κ2) is 42.6. The molecule has 23 N–H and O–H groups in total. The molecule has 0 aliphatic carbocycles. The van der Waals surface area contributed by atoms with E-state index in [1.54, 1.807) is 88.4 Å². The number of aliphatic imine (C=N–C) groups is 1. The molecule has 2 aromatic carbocycles. The van der Waals surface area contributed by atoms with Crippen molar-refractivity contribution in [2.24, 2.45) is 45.7 Å². The fraction of sp³-hybridized carbons (Fsp3) is 0.569. The lowest BCUT2D eigenvalue weighted by molar-refractivity contribution is -0.143. The molecule has 1 saturated heterocycles. The number of aliphatic carboxylic acids is 2. The summed E-state index contributed by atoms with van der Waals surface area (Å²) in [4.78, 5) is 206. The van der Waals surface area contributed by atoms with Crippen molar-refractivity contribution in [1.82, 2.24) is 63.4 Å². The number of nitrogens with one attached hydrogen (secondary N) is 11. The van der Waals surface area contributed by atoms with Crippen LogP contribution in [0.3, 0.4) is 0 Å². The smallest absolute Gasteiger partial charge is 0.328 e. The standard InChI is InChI=1S/C65H99N17O19/c1-33(2)26-41(76-57(93)42(27-37-16-10-8-11-17-37)73-49(86)30-71-61(97)51(34(3)4)81-60(96)47-21-15-25-82(47)63(99)39(66)22-23-50(87)88)56(92)74-40(20-14-24-70-65(68)69)54(90)78-45(31-83)59(95)80-52(35(5)6)62(98)77-43(28-38-18-12-9-13-19-38)55(91)72-36(7)53(89)75-44(29-48(67)85)58(94)79-46(32-84)64(100)101/h8-13,16-19,33-36,39-47,51-52,83-84H,14-15,20-32,66H2,1-7H3,(H2,67,85)(H,71,97)(H,72,91)(H,73,86)(H,74,92)(H,75,89)(H,76,93)(H,77,98)(H,78,90)(H,79,94)(H,80,95)(H,81,96)(H,87,88)(H,100,101)(H4,68,69,70)/t36-,39-,40-,41-,42-,43-,44-,45-,46-,47-,51-,52-/m0/s1. The molecule has 2 aromatic rings. The number of benzene rings is 2. The largest absolute Gasteiger partial charge is 0.481 e. The van der Waals surface area contributed by atoms with Crippen LogP contribution in [-0.2, 0) is 84.8 Å². The second-order valence-electron chi connectivity index (χ2n) is 25.5. The fourth-order valence-electron chi connectivity index (χ4n) is 10.4. The van der Waals surface area contributed by atoms with Crippen LogP contribution < -0.4 is 81.4 Å². The molecule has 0 bridgehead atoms. The monoisotopic (exact) mass is 1420 g/mol. The van der Waals surface area contributed by atoms with Crippen LogP contribution in [-0.4, -0.2) is 225 Å². The minimum atomic E-state index is -1.81. The molecule has 12 atom stereocenters. The molecule has 0 saturated carbocycles. The minimum absolute atomic E-state index is 0.0382. The zero-order valence-corrected chi connectivity index (χ0v) is 57.7. The average molecular weight is 1420 g/mol. The molecule has 0 unspecified atom stereocenters.